The fourth-order valence-electron chi connectivity index (χ4n) is 1.70. The average Bonchev–Trinajstić information content (AvgIpc) is 2.25. The van der Waals surface area contributed by atoms with Crippen molar-refractivity contribution in [2.75, 3.05) is 0 Å². The summed E-state index contributed by atoms with van der Waals surface area (Å²) in [6.45, 7) is 5.14. The predicted molar refractivity (Wildman–Crippen MR) is 72.0 cm³/mol. The van der Waals surface area contributed by atoms with Gasteiger partial charge in [0.2, 0.25) is 0 Å². The van der Waals surface area contributed by atoms with E-state index in [1.165, 1.54) is 0 Å². The van der Waals surface area contributed by atoms with Gasteiger partial charge >= 0.3 is 0 Å². The molecule has 0 aliphatic heterocycles. The molecule has 96 valence electrons. The van der Waals surface area contributed by atoms with Crippen LogP contribution in [-0.4, -0.2) is 14.0 Å². The summed E-state index contributed by atoms with van der Waals surface area (Å²) in [6, 6.07) is 12.6. The van der Waals surface area contributed by atoms with Crippen LogP contribution in [0.3, 0.4) is 0 Å². The van der Waals surface area contributed by atoms with Gasteiger partial charge in [-0.1, -0.05) is 30.3 Å². The van der Waals surface area contributed by atoms with Crippen LogP contribution >= 0.6 is 0 Å². The highest BCUT2D eigenvalue weighted by molar-refractivity contribution is 7.86. The van der Waals surface area contributed by atoms with E-state index in [0.717, 1.165) is 10.8 Å². The Morgan fingerprint density at radius 1 is 0.944 bits per heavy atom. The van der Waals surface area contributed by atoms with Crippen molar-refractivity contribution in [2.24, 2.45) is 0 Å². The van der Waals surface area contributed by atoms with Gasteiger partial charge in [0.25, 0.3) is 10.1 Å². The minimum atomic E-state index is -3.71. The van der Waals surface area contributed by atoms with E-state index in [1.54, 1.807) is 39.0 Å². The van der Waals surface area contributed by atoms with Crippen molar-refractivity contribution < 1.29 is 12.6 Å². The summed E-state index contributed by atoms with van der Waals surface area (Å²) in [6.07, 6.45) is 0. The molecule has 4 heteroatoms. The van der Waals surface area contributed by atoms with E-state index < -0.39 is 15.7 Å². The van der Waals surface area contributed by atoms with Gasteiger partial charge in [-0.05, 0) is 43.7 Å². The lowest BCUT2D eigenvalue weighted by Crippen LogP contribution is -2.24. The minimum Gasteiger partial charge on any atom is -0.261 e. The molecule has 2 aromatic carbocycles. The first-order chi connectivity index (χ1) is 8.28. The van der Waals surface area contributed by atoms with Crippen molar-refractivity contribution in [1.82, 2.24) is 0 Å². The van der Waals surface area contributed by atoms with Crippen LogP contribution in [0.1, 0.15) is 20.8 Å². The van der Waals surface area contributed by atoms with E-state index >= 15 is 0 Å². The quantitative estimate of drug-likeness (QED) is 0.781. The number of hydrogen-bond donors (Lipinski definition) is 0. The molecule has 0 amide bonds. The first-order valence-corrected chi connectivity index (χ1v) is 7.13. The lowest BCUT2D eigenvalue weighted by molar-refractivity contribution is 0.139. The van der Waals surface area contributed by atoms with Crippen LogP contribution in [-0.2, 0) is 14.3 Å². The Labute approximate surface area is 108 Å². The molecular formula is C14H16O3S. The molecule has 0 unspecified atom stereocenters. The zero-order valence-electron chi connectivity index (χ0n) is 10.7. The molecule has 0 aliphatic rings. The predicted octanol–water partition coefficient (Wildman–Crippen LogP) is 3.34. The molecule has 2 aromatic rings. The van der Waals surface area contributed by atoms with Gasteiger partial charge in [-0.2, -0.15) is 8.42 Å². The summed E-state index contributed by atoms with van der Waals surface area (Å²) in [5, 5.41) is 1.89. The van der Waals surface area contributed by atoms with E-state index in [2.05, 4.69) is 0 Å². The lowest BCUT2D eigenvalue weighted by atomic mass is 10.1. The van der Waals surface area contributed by atoms with Gasteiger partial charge in [-0.25, -0.2) is 0 Å². The van der Waals surface area contributed by atoms with Crippen LogP contribution in [0.15, 0.2) is 47.4 Å². The van der Waals surface area contributed by atoms with Crippen molar-refractivity contribution in [1.29, 1.82) is 0 Å². The van der Waals surface area contributed by atoms with Gasteiger partial charge < -0.3 is 0 Å². The molecule has 0 atom stereocenters. The zero-order chi connectivity index (χ0) is 13.4. The van der Waals surface area contributed by atoms with E-state index in [-0.39, 0.29) is 4.90 Å². The highest BCUT2D eigenvalue weighted by atomic mass is 32.2. The second-order valence-corrected chi connectivity index (χ2v) is 6.71. The first-order valence-electron chi connectivity index (χ1n) is 5.72. The monoisotopic (exact) mass is 264 g/mol. The summed E-state index contributed by atoms with van der Waals surface area (Å²) in [5.41, 5.74) is -0.732. The van der Waals surface area contributed by atoms with Crippen molar-refractivity contribution in [3.8, 4) is 0 Å². The normalized spacial score (nSPS) is 12.8. The largest absolute Gasteiger partial charge is 0.297 e. The average molecular weight is 264 g/mol. The highest BCUT2D eigenvalue weighted by Crippen LogP contribution is 2.23. The van der Waals surface area contributed by atoms with Crippen molar-refractivity contribution >= 4 is 20.9 Å². The number of hydrogen-bond acceptors (Lipinski definition) is 3. The maximum absolute atomic E-state index is 12.1. The molecular weight excluding hydrogens is 248 g/mol. The SMILES string of the molecule is CC(C)(C)OS(=O)(=O)c1ccc2ccccc2c1. The number of rotatable bonds is 2. The molecule has 0 saturated carbocycles. The molecule has 0 aromatic heterocycles. The Bertz CT molecular complexity index is 667. The molecule has 0 fully saturated rings. The van der Waals surface area contributed by atoms with Crippen molar-refractivity contribution in [3.63, 3.8) is 0 Å². The molecule has 0 bridgehead atoms. The maximum Gasteiger partial charge on any atom is 0.297 e. The summed E-state index contributed by atoms with van der Waals surface area (Å²) in [7, 11) is -3.71. The molecule has 0 radical (unpaired) electrons. The summed E-state index contributed by atoms with van der Waals surface area (Å²) in [5.74, 6) is 0. The smallest absolute Gasteiger partial charge is 0.261 e. The molecule has 18 heavy (non-hydrogen) atoms. The fourth-order valence-corrected chi connectivity index (χ4v) is 2.96. The van der Waals surface area contributed by atoms with Crippen LogP contribution < -0.4 is 0 Å². The zero-order valence-corrected chi connectivity index (χ0v) is 11.5. The van der Waals surface area contributed by atoms with Crippen LogP contribution in [0.2, 0.25) is 0 Å². The van der Waals surface area contributed by atoms with E-state index in [9.17, 15) is 8.42 Å². The van der Waals surface area contributed by atoms with Crippen LogP contribution in [0.5, 0.6) is 0 Å². The van der Waals surface area contributed by atoms with Gasteiger partial charge in [0.15, 0.2) is 0 Å². The number of benzene rings is 2. The molecule has 3 nitrogen and oxygen atoms in total. The Morgan fingerprint density at radius 2 is 1.56 bits per heavy atom. The van der Waals surface area contributed by atoms with E-state index in [0.29, 0.717) is 0 Å². The standard InChI is InChI=1S/C14H16O3S/c1-14(2,3)17-18(15,16)13-9-8-11-6-4-5-7-12(11)10-13/h4-10H,1-3H3. The third-order valence-electron chi connectivity index (χ3n) is 2.37. The van der Waals surface area contributed by atoms with Crippen LogP contribution in [0, 0.1) is 0 Å². The van der Waals surface area contributed by atoms with E-state index in [1.807, 2.05) is 24.3 Å². The van der Waals surface area contributed by atoms with Gasteiger partial charge in [-0.3, -0.25) is 4.18 Å². The Hall–Kier alpha value is -1.39. The summed E-state index contributed by atoms with van der Waals surface area (Å²) in [4.78, 5) is 0.191. The second-order valence-electron chi connectivity index (χ2n) is 5.16. The van der Waals surface area contributed by atoms with Gasteiger partial charge in [-0.15, -0.1) is 0 Å². The topological polar surface area (TPSA) is 43.4 Å². The Balaban J connectivity index is 2.48. The first kappa shape index (κ1) is 13.1. The van der Waals surface area contributed by atoms with Crippen LogP contribution in [0.25, 0.3) is 10.8 Å². The third kappa shape index (κ3) is 2.89. The molecule has 0 saturated heterocycles. The van der Waals surface area contributed by atoms with Crippen molar-refractivity contribution in [3.05, 3.63) is 42.5 Å². The molecule has 0 spiro atoms. The summed E-state index contributed by atoms with van der Waals surface area (Å²) >= 11 is 0. The van der Waals surface area contributed by atoms with Crippen LogP contribution in [0.4, 0.5) is 0 Å². The Morgan fingerprint density at radius 3 is 2.17 bits per heavy atom. The van der Waals surface area contributed by atoms with E-state index in [4.69, 9.17) is 4.18 Å². The second kappa shape index (κ2) is 4.37. The van der Waals surface area contributed by atoms with Gasteiger partial charge in [0.1, 0.15) is 0 Å². The molecule has 2 rings (SSSR count). The third-order valence-corrected chi connectivity index (χ3v) is 3.92. The van der Waals surface area contributed by atoms with Gasteiger partial charge in [0, 0.05) is 0 Å². The lowest BCUT2D eigenvalue weighted by Gasteiger charge is -2.18. The minimum absolute atomic E-state index is 0.191. The molecule has 0 N–H and O–H groups in total. The van der Waals surface area contributed by atoms with Gasteiger partial charge in [0.05, 0.1) is 10.5 Å². The summed E-state index contributed by atoms with van der Waals surface area (Å²) < 4.78 is 29.3. The highest BCUT2D eigenvalue weighted by Gasteiger charge is 2.23. The maximum atomic E-state index is 12.1. The molecule has 0 heterocycles. The Kier molecular flexibility index (Phi) is 3.17. The fraction of sp³-hybridized carbons (Fsp3) is 0.286. The molecule has 0 aliphatic carbocycles. The number of fused-ring (bicyclic) bond motifs is 1. The van der Waals surface area contributed by atoms with Crippen molar-refractivity contribution in [2.45, 2.75) is 31.3 Å².